The lowest BCUT2D eigenvalue weighted by Crippen LogP contribution is -2.43. The summed E-state index contributed by atoms with van der Waals surface area (Å²) in [5, 5.41) is 15.1. The number of aromatic nitrogens is 2. The molecule has 1 aromatic heterocycles. The van der Waals surface area contributed by atoms with Gasteiger partial charge >= 0.3 is 6.03 Å². The zero-order valence-corrected chi connectivity index (χ0v) is 18.9. The summed E-state index contributed by atoms with van der Waals surface area (Å²) in [4.78, 5) is 13.7. The highest BCUT2D eigenvalue weighted by molar-refractivity contribution is 5.73. The lowest BCUT2D eigenvalue weighted by atomic mass is 9.93. The van der Waals surface area contributed by atoms with Gasteiger partial charge in [0.25, 0.3) is 0 Å². The van der Waals surface area contributed by atoms with E-state index in [1.54, 1.807) is 12.0 Å². The Hall–Kier alpha value is -3.32. The van der Waals surface area contributed by atoms with E-state index in [-0.39, 0.29) is 11.9 Å². The van der Waals surface area contributed by atoms with Gasteiger partial charge in [0.1, 0.15) is 5.75 Å². The Morgan fingerprint density at radius 1 is 1.12 bits per heavy atom. The number of hydroxylamine groups is 2. The summed E-state index contributed by atoms with van der Waals surface area (Å²) < 4.78 is 7.33. The monoisotopic (exact) mass is 434 g/mol. The van der Waals surface area contributed by atoms with E-state index in [1.807, 2.05) is 16.8 Å². The highest BCUT2D eigenvalue weighted by atomic mass is 16.5. The molecule has 2 aromatic carbocycles. The second kappa shape index (κ2) is 9.44. The highest BCUT2D eigenvalue weighted by Gasteiger charge is 2.27. The maximum absolute atomic E-state index is 12.0. The molecule has 0 spiro atoms. The van der Waals surface area contributed by atoms with E-state index in [9.17, 15) is 10.0 Å². The normalized spacial score (nSPS) is 14.4. The smallest absolute Gasteiger partial charge is 0.343 e. The minimum Gasteiger partial charge on any atom is -0.497 e. The number of hydrogen-bond acceptors (Lipinski definition) is 4. The van der Waals surface area contributed by atoms with Crippen LogP contribution in [0, 0.1) is 0 Å². The fraction of sp³-hybridized carbons (Fsp3) is 0.360. The van der Waals surface area contributed by atoms with Gasteiger partial charge in [-0.15, -0.1) is 0 Å². The van der Waals surface area contributed by atoms with Gasteiger partial charge in [0.2, 0.25) is 0 Å². The molecular formula is C25H30N4O3. The molecule has 0 atom stereocenters. The third-order valence-electron chi connectivity index (χ3n) is 6.16. The van der Waals surface area contributed by atoms with Crippen molar-refractivity contribution in [3.05, 3.63) is 65.9 Å². The van der Waals surface area contributed by atoms with E-state index in [1.165, 1.54) is 12.6 Å². The molecule has 0 radical (unpaired) electrons. The van der Waals surface area contributed by atoms with E-state index in [4.69, 9.17) is 9.84 Å². The lowest BCUT2D eigenvalue weighted by Gasteiger charge is -2.32. The maximum atomic E-state index is 12.0. The molecule has 32 heavy (non-hydrogen) atoms. The average molecular weight is 435 g/mol. The van der Waals surface area contributed by atoms with E-state index >= 15 is 0 Å². The van der Waals surface area contributed by atoms with Gasteiger partial charge in [-0.1, -0.05) is 19.1 Å². The summed E-state index contributed by atoms with van der Waals surface area (Å²) in [6.07, 6.45) is 2.62. The SMILES string of the molecule is CCc1ccc(-n2nc(C3CCN(C(=O)N(C)O)CC3)cc2-c2ccc(OC)cc2)cc1. The van der Waals surface area contributed by atoms with Crippen LogP contribution in [0.2, 0.25) is 0 Å². The van der Waals surface area contributed by atoms with Crippen molar-refractivity contribution >= 4 is 6.03 Å². The summed E-state index contributed by atoms with van der Waals surface area (Å²) in [5.74, 6) is 1.08. The molecule has 0 bridgehead atoms. The van der Waals surface area contributed by atoms with Crippen LogP contribution in [-0.2, 0) is 6.42 Å². The van der Waals surface area contributed by atoms with Crippen LogP contribution in [0.1, 0.15) is 36.9 Å². The number of urea groups is 1. The number of carbonyl (C=O) groups excluding carboxylic acids is 1. The Bertz CT molecular complexity index is 985. The third-order valence-corrected chi connectivity index (χ3v) is 6.16. The molecule has 1 fully saturated rings. The summed E-state index contributed by atoms with van der Waals surface area (Å²) >= 11 is 0. The number of rotatable bonds is 5. The van der Waals surface area contributed by atoms with Crippen molar-refractivity contribution in [3.8, 4) is 22.7 Å². The van der Waals surface area contributed by atoms with Gasteiger partial charge in [0, 0.05) is 31.6 Å². The number of carbonyl (C=O) groups is 1. The van der Waals surface area contributed by atoms with E-state index in [0.29, 0.717) is 18.2 Å². The number of nitrogens with zero attached hydrogens (tertiary/aromatic N) is 4. The molecule has 1 aliphatic rings. The number of methoxy groups -OCH3 is 1. The number of aryl methyl sites for hydroxylation is 1. The van der Waals surface area contributed by atoms with Crippen molar-refractivity contribution in [2.45, 2.75) is 32.1 Å². The van der Waals surface area contributed by atoms with Crippen LogP contribution in [0.3, 0.4) is 0 Å². The zero-order chi connectivity index (χ0) is 22.7. The van der Waals surface area contributed by atoms with Crippen LogP contribution in [0.15, 0.2) is 54.6 Å². The molecule has 2 heterocycles. The Kier molecular flexibility index (Phi) is 6.46. The van der Waals surface area contributed by atoms with Crippen molar-refractivity contribution in [2.24, 2.45) is 0 Å². The van der Waals surface area contributed by atoms with Crippen molar-refractivity contribution in [1.82, 2.24) is 19.7 Å². The number of benzene rings is 2. The van der Waals surface area contributed by atoms with Crippen LogP contribution < -0.4 is 4.74 Å². The van der Waals surface area contributed by atoms with Gasteiger partial charge in [-0.2, -0.15) is 5.10 Å². The quantitative estimate of drug-likeness (QED) is 0.466. The van der Waals surface area contributed by atoms with E-state index in [0.717, 1.165) is 47.7 Å². The molecule has 2 amide bonds. The van der Waals surface area contributed by atoms with Crippen LogP contribution in [0.4, 0.5) is 4.79 Å². The van der Waals surface area contributed by atoms with Crippen LogP contribution in [0.5, 0.6) is 5.75 Å². The van der Waals surface area contributed by atoms with E-state index < -0.39 is 0 Å². The Labute approximate surface area is 188 Å². The van der Waals surface area contributed by atoms with Gasteiger partial charge in [-0.05, 0) is 67.3 Å². The summed E-state index contributed by atoms with van der Waals surface area (Å²) in [7, 11) is 3.03. The first kappa shape index (κ1) is 21.9. The van der Waals surface area contributed by atoms with E-state index in [2.05, 4.69) is 49.4 Å². The predicted molar refractivity (Wildman–Crippen MR) is 123 cm³/mol. The predicted octanol–water partition coefficient (Wildman–Crippen LogP) is 4.73. The number of hydrogen-bond donors (Lipinski definition) is 1. The number of amides is 2. The van der Waals surface area contributed by atoms with Gasteiger partial charge in [0.15, 0.2) is 0 Å². The first-order chi connectivity index (χ1) is 15.5. The second-order valence-electron chi connectivity index (χ2n) is 8.18. The highest BCUT2D eigenvalue weighted by Crippen LogP contribution is 2.33. The number of ether oxygens (including phenoxy) is 1. The van der Waals surface area contributed by atoms with Crippen molar-refractivity contribution < 1.29 is 14.7 Å². The molecule has 168 valence electrons. The average Bonchev–Trinajstić information content (AvgIpc) is 3.29. The Balaban J connectivity index is 1.65. The summed E-state index contributed by atoms with van der Waals surface area (Å²) in [5.41, 5.74) is 5.44. The van der Waals surface area contributed by atoms with Crippen molar-refractivity contribution in [1.29, 1.82) is 0 Å². The Morgan fingerprint density at radius 2 is 1.78 bits per heavy atom. The minimum absolute atomic E-state index is 0.260. The van der Waals surface area contributed by atoms with Crippen LogP contribution in [0.25, 0.3) is 16.9 Å². The molecule has 7 heteroatoms. The van der Waals surface area contributed by atoms with Crippen molar-refractivity contribution in [2.75, 3.05) is 27.2 Å². The van der Waals surface area contributed by atoms with Gasteiger partial charge in [0.05, 0.1) is 24.2 Å². The Morgan fingerprint density at radius 3 is 2.34 bits per heavy atom. The first-order valence-electron chi connectivity index (χ1n) is 11.1. The molecule has 0 saturated carbocycles. The molecular weight excluding hydrogens is 404 g/mol. The fourth-order valence-electron chi connectivity index (χ4n) is 4.21. The molecule has 1 N–H and O–H groups in total. The second-order valence-corrected chi connectivity index (χ2v) is 8.18. The fourth-order valence-corrected chi connectivity index (χ4v) is 4.21. The third kappa shape index (κ3) is 4.48. The topological polar surface area (TPSA) is 70.8 Å². The standard InChI is InChI=1S/C25H30N4O3/c1-4-18-5-9-21(10-6-18)29-24(20-7-11-22(32-3)12-8-20)17-23(26-29)19-13-15-28(16-14-19)25(30)27(2)31/h5-12,17,19,31H,4,13-16H2,1-3H3. The van der Waals surface area contributed by atoms with Crippen molar-refractivity contribution in [3.63, 3.8) is 0 Å². The zero-order valence-electron chi connectivity index (χ0n) is 18.9. The maximum Gasteiger partial charge on any atom is 0.343 e. The van der Waals surface area contributed by atoms with Crippen LogP contribution >= 0.6 is 0 Å². The lowest BCUT2D eigenvalue weighted by molar-refractivity contribution is -0.0356. The molecule has 7 nitrogen and oxygen atoms in total. The summed E-state index contributed by atoms with van der Waals surface area (Å²) in [6, 6.07) is 18.3. The molecule has 0 aliphatic carbocycles. The molecule has 3 aromatic rings. The van der Waals surface area contributed by atoms with Crippen LogP contribution in [-0.4, -0.2) is 58.2 Å². The molecule has 0 unspecified atom stereocenters. The molecule has 1 aliphatic heterocycles. The number of piperidine rings is 1. The van der Waals surface area contributed by atoms with Gasteiger partial charge in [-0.3, -0.25) is 5.21 Å². The molecule has 1 saturated heterocycles. The summed E-state index contributed by atoms with van der Waals surface area (Å²) in [6.45, 7) is 3.35. The minimum atomic E-state index is -0.357. The first-order valence-corrected chi connectivity index (χ1v) is 11.1. The van der Waals surface area contributed by atoms with Gasteiger partial charge in [-0.25, -0.2) is 14.5 Å². The largest absolute Gasteiger partial charge is 0.497 e. The van der Waals surface area contributed by atoms with Gasteiger partial charge < -0.3 is 9.64 Å². The molecule has 4 rings (SSSR count). The number of likely N-dealkylation sites (tertiary alicyclic amines) is 1.